The van der Waals surface area contributed by atoms with E-state index < -0.39 is 6.36 Å². The zero-order chi connectivity index (χ0) is 27.0. The number of rotatable bonds is 6. The van der Waals surface area contributed by atoms with Gasteiger partial charge in [0, 0.05) is 18.5 Å². The summed E-state index contributed by atoms with van der Waals surface area (Å²) in [5.41, 5.74) is 1.32. The van der Waals surface area contributed by atoms with Crippen LogP contribution in [0.2, 0.25) is 0 Å². The number of para-hydroxylation sites is 1. The van der Waals surface area contributed by atoms with E-state index in [1.54, 1.807) is 23.8 Å². The van der Waals surface area contributed by atoms with Crippen LogP contribution in [0.5, 0.6) is 11.5 Å². The highest BCUT2D eigenvalue weighted by Crippen LogP contribution is 2.46. The average Bonchev–Trinajstić information content (AvgIpc) is 3.54. The summed E-state index contributed by atoms with van der Waals surface area (Å²) in [5.74, 6) is 0.518. The van der Waals surface area contributed by atoms with E-state index in [1.165, 1.54) is 46.6 Å². The predicted octanol–water partition coefficient (Wildman–Crippen LogP) is 1.37. The zero-order valence-electron chi connectivity index (χ0n) is 21.0. The van der Waals surface area contributed by atoms with Gasteiger partial charge in [-0.3, -0.25) is 9.36 Å². The van der Waals surface area contributed by atoms with Crippen LogP contribution in [0, 0.1) is 0 Å². The Labute approximate surface area is 240 Å². The first kappa shape index (κ1) is 29.1. The molecule has 4 aromatic rings. The number of ether oxygens (including phenoxy) is 2. The first-order valence-corrected chi connectivity index (χ1v) is 14.1. The van der Waals surface area contributed by atoms with Gasteiger partial charge in [0.15, 0.2) is 12.7 Å². The Hall–Kier alpha value is -2.93. The van der Waals surface area contributed by atoms with E-state index in [4.69, 9.17) is 4.74 Å². The largest absolute Gasteiger partial charge is 1.00 e. The van der Waals surface area contributed by atoms with Gasteiger partial charge < -0.3 is 26.8 Å². The molecule has 0 radical (unpaired) electrons. The Balaban J connectivity index is 0.00000353. The van der Waals surface area contributed by atoms with Crippen molar-refractivity contribution in [3.8, 4) is 11.5 Å². The number of hydrogen-bond acceptors (Lipinski definition) is 7. The van der Waals surface area contributed by atoms with Crippen molar-refractivity contribution in [3.63, 3.8) is 0 Å². The molecule has 0 N–H and O–H groups in total. The lowest BCUT2D eigenvalue weighted by atomic mass is 10.2. The predicted molar refractivity (Wildman–Crippen MR) is 144 cm³/mol. The molecule has 0 spiro atoms. The number of thioether (sulfide) groups is 1. The number of nitrogens with zero attached hydrogens (tertiary/aromatic N) is 3. The molecule has 3 heterocycles. The molecular formula is C26H23ClF3N3O3S3. The standard InChI is InChI=1S/C26H23F3N3O3S3.ClH/c1-4-32-22(38-23(24(32)33)25-30(2)18-10-9-17(34-3)13-20(18)37-25)14-21-31(11-12-36-21)15-16-7-5-6-8-19(16)35-26(27,28)29;/h5-14H,4,15H2,1-3H3;1H/q+1;/p-1/b25-23+;. The van der Waals surface area contributed by atoms with Crippen LogP contribution in [-0.4, -0.2) is 25.1 Å². The third-order valence-corrected chi connectivity index (χ3v) is 9.28. The monoisotopic (exact) mass is 613 g/mol. The summed E-state index contributed by atoms with van der Waals surface area (Å²) in [6, 6.07) is 11.9. The molecule has 206 valence electrons. The molecule has 0 amide bonds. The smallest absolute Gasteiger partial charge is 0.573 e. The van der Waals surface area contributed by atoms with Gasteiger partial charge in [0.2, 0.25) is 0 Å². The van der Waals surface area contributed by atoms with Gasteiger partial charge in [0.1, 0.15) is 25.7 Å². The lowest BCUT2D eigenvalue weighted by molar-refractivity contribution is -0.685. The first-order chi connectivity index (χ1) is 18.2. The van der Waals surface area contributed by atoms with Crippen molar-refractivity contribution in [2.45, 2.75) is 31.3 Å². The number of halogens is 4. The minimum absolute atomic E-state index is 0. The third kappa shape index (κ3) is 5.98. The van der Waals surface area contributed by atoms with Crippen molar-refractivity contribution in [2.75, 3.05) is 19.1 Å². The van der Waals surface area contributed by atoms with Crippen LogP contribution in [0.15, 0.2) is 63.7 Å². The summed E-state index contributed by atoms with van der Waals surface area (Å²) < 4.78 is 53.2. The fraction of sp³-hybridized carbons (Fsp3) is 0.231. The van der Waals surface area contributed by atoms with Gasteiger partial charge in [-0.25, -0.2) is 0 Å². The SMILES string of the molecule is CCn1c(=O)/c(=C2\Sc3cc(OC)ccc3N2C)s/c1=C\c1scc[n+]1Cc1ccccc1OC(F)(F)F.[Cl-]. The highest BCUT2D eigenvalue weighted by molar-refractivity contribution is 8.08. The fourth-order valence-electron chi connectivity index (χ4n) is 4.14. The van der Waals surface area contributed by atoms with Crippen LogP contribution in [-0.2, 0) is 13.1 Å². The number of fused-ring (bicyclic) bond motifs is 1. The topological polar surface area (TPSA) is 47.6 Å². The lowest BCUT2D eigenvalue weighted by Gasteiger charge is -2.12. The number of thiazole rings is 2. The summed E-state index contributed by atoms with van der Waals surface area (Å²) in [7, 11) is 3.56. The highest BCUT2D eigenvalue weighted by Gasteiger charge is 2.32. The van der Waals surface area contributed by atoms with E-state index in [2.05, 4.69) is 4.74 Å². The zero-order valence-corrected chi connectivity index (χ0v) is 24.2. The maximum Gasteiger partial charge on any atom is 0.573 e. The highest BCUT2D eigenvalue weighted by atomic mass is 35.5. The van der Waals surface area contributed by atoms with E-state index in [1.807, 2.05) is 59.3 Å². The van der Waals surface area contributed by atoms with Crippen molar-refractivity contribution >= 4 is 51.2 Å². The minimum atomic E-state index is -4.77. The molecule has 2 aromatic heterocycles. The normalized spacial score (nSPS) is 14.8. The van der Waals surface area contributed by atoms with Gasteiger partial charge in [-0.1, -0.05) is 35.2 Å². The third-order valence-electron chi connectivity index (χ3n) is 5.96. The van der Waals surface area contributed by atoms with Crippen molar-refractivity contribution in [3.05, 3.63) is 84.2 Å². The molecule has 39 heavy (non-hydrogen) atoms. The number of methoxy groups -OCH3 is 1. The molecule has 0 fully saturated rings. The van der Waals surface area contributed by atoms with Gasteiger partial charge in [-0.2, -0.15) is 4.57 Å². The molecule has 0 bridgehead atoms. The first-order valence-electron chi connectivity index (χ1n) is 11.5. The number of benzene rings is 2. The molecule has 2 aromatic carbocycles. The van der Waals surface area contributed by atoms with Gasteiger partial charge in [-0.15, -0.1) is 24.5 Å². The van der Waals surface area contributed by atoms with E-state index in [9.17, 15) is 18.0 Å². The van der Waals surface area contributed by atoms with Gasteiger partial charge in [-0.05, 0) is 37.3 Å². The van der Waals surface area contributed by atoms with Crippen LogP contribution in [0.3, 0.4) is 0 Å². The van der Waals surface area contributed by atoms with Crippen molar-refractivity contribution in [1.29, 1.82) is 0 Å². The van der Waals surface area contributed by atoms with Crippen LogP contribution in [0.1, 0.15) is 17.5 Å². The maximum atomic E-state index is 13.5. The molecule has 1 aliphatic heterocycles. The summed E-state index contributed by atoms with van der Waals surface area (Å²) in [5, 5.41) is 3.51. The van der Waals surface area contributed by atoms with Crippen LogP contribution >= 0.6 is 34.4 Å². The summed E-state index contributed by atoms with van der Waals surface area (Å²) in [6.07, 6.45) is -1.06. The fourth-order valence-corrected chi connectivity index (χ4v) is 7.48. The minimum Gasteiger partial charge on any atom is -1.00 e. The second-order valence-corrected chi connectivity index (χ2v) is 11.3. The van der Waals surface area contributed by atoms with Crippen molar-refractivity contribution in [2.24, 2.45) is 0 Å². The molecule has 0 saturated carbocycles. The van der Waals surface area contributed by atoms with Crippen LogP contribution < -0.4 is 46.1 Å². The summed E-state index contributed by atoms with van der Waals surface area (Å²) >= 11 is 4.37. The molecule has 0 aliphatic carbocycles. The number of anilines is 1. The number of alkyl halides is 3. The maximum absolute atomic E-state index is 13.5. The quantitative estimate of drug-likeness (QED) is 0.308. The summed E-state index contributed by atoms with van der Waals surface area (Å²) in [6.45, 7) is 2.58. The molecule has 0 unspecified atom stereocenters. The average molecular weight is 614 g/mol. The van der Waals surface area contributed by atoms with Gasteiger partial charge in [0.25, 0.3) is 10.6 Å². The number of aromatic nitrogens is 2. The van der Waals surface area contributed by atoms with Crippen LogP contribution in [0.25, 0.3) is 11.1 Å². The van der Waals surface area contributed by atoms with E-state index >= 15 is 0 Å². The van der Waals surface area contributed by atoms with E-state index in [0.717, 1.165) is 31.0 Å². The number of hydrogen-bond donors (Lipinski definition) is 0. The Morgan fingerprint density at radius 2 is 1.92 bits per heavy atom. The molecule has 13 heteroatoms. The lowest BCUT2D eigenvalue weighted by Crippen LogP contribution is -3.00. The van der Waals surface area contributed by atoms with Gasteiger partial charge in [0.05, 0.1) is 29.8 Å². The van der Waals surface area contributed by atoms with E-state index in [0.29, 0.717) is 16.6 Å². The Kier molecular flexibility index (Phi) is 8.69. The van der Waals surface area contributed by atoms with E-state index in [-0.39, 0.29) is 30.3 Å². The van der Waals surface area contributed by atoms with Gasteiger partial charge >= 0.3 is 6.36 Å². The Bertz CT molecular complexity index is 1680. The molecule has 1 aliphatic rings. The molecule has 6 nitrogen and oxygen atoms in total. The van der Waals surface area contributed by atoms with Crippen molar-refractivity contribution in [1.82, 2.24) is 4.57 Å². The van der Waals surface area contributed by atoms with Crippen LogP contribution in [0.4, 0.5) is 18.9 Å². The Morgan fingerprint density at radius 3 is 2.64 bits per heavy atom. The molecule has 0 atom stereocenters. The second-order valence-electron chi connectivity index (χ2n) is 8.29. The second kappa shape index (κ2) is 11.7. The Morgan fingerprint density at radius 1 is 1.15 bits per heavy atom. The molecule has 5 rings (SSSR count). The summed E-state index contributed by atoms with van der Waals surface area (Å²) in [4.78, 5) is 16.5. The van der Waals surface area contributed by atoms with Crippen molar-refractivity contribution < 1.29 is 39.6 Å². The molecule has 0 saturated heterocycles. The molecular weight excluding hydrogens is 591 g/mol.